The van der Waals surface area contributed by atoms with Gasteiger partial charge in [-0.2, -0.15) is 4.98 Å². The maximum atomic E-state index is 5.87. The van der Waals surface area contributed by atoms with Crippen LogP contribution in [0, 0.1) is 0 Å². The maximum Gasteiger partial charge on any atom is 0.298 e. The highest BCUT2D eigenvalue weighted by Crippen LogP contribution is 2.42. The molecule has 2 saturated heterocycles. The lowest BCUT2D eigenvalue weighted by Gasteiger charge is -2.53. The van der Waals surface area contributed by atoms with Crippen molar-refractivity contribution in [3.63, 3.8) is 0 Å². The van der Waals surface area contributed by atoms with E-state index in [-0.39, 0.29) is 5.54 Å². The van der Waals surface area contributed by atoms with Crippen molar-refractivity contribution in [2.45, 2.75) is 24.8 Å². The maximum absolute atomic E-state index is 5.87. The summed E-state index contributed by atoms with van der Waals surface area (Å²) in [6.45, 7) is 2.69. The molecule has 19 heavy (non-hydrogen) atoms. The minimum Gasteiger partial charge on any atom is -0.423 e. The van der Waals surface area contributed by atoms with Gasteiger partial charge in [-0.3, -0.25) is 0 Å². The molecule has 5 nitrogen and oxygen atoms in total. The van der Waals surface area contributed by atoms with Crippen LogP contribution in [-0.4, -0.2) is 30.3 Å². The first-order valence-electron chi connectivity index (χ1n) is 6.78. The second kappa shape index (κ2) is 3.87. The normalized spacial score (nSPS) is 21.8. The second-order valence-corrected chi connectivity index (χ2v) is 5.46. The molecule has 0 atom stereocenters. The Bertz CT molecular complexity index is 616. The number of nitrogens with zero attached hydrogens (tertiary/aromatic N) is 2. The van der Waals surface area contributed by atoms with E-state index in [1.165, 1.54) is 6.42 Å². The van der Waals surface area contributed by atoms with Crippen LogP contribution in [0.3, 0.4) is 0 Å². The molecule has 5 heteroatoms. The van der Waals surface area contributed by atoms with Crippen LogP contribution in [0.5, 0.6) is 0 Å². The zero-order valence-corrected chi connectivity index (χ0v) is 10.8. The molecule has 1 aromatic carbocycles. The average Bonchev–Trinajstić information content (AvgIpc) is 2.80. The molecule has 1 aromatic heterocycles. The first-order chi connectivity index (χ1) is 9.27. The molecule has 2 aliphatic rings. The fourth-order valence-corrected chi connectivity index (χ4v) is 3.16. The summed E-state index contributed by atoms with van der Waals surface area (Å²) in [6.07, 6.45) is 3.33. The number of hydrogen-bond acceptors (Lipinski definition) is 5. The summed E-state index contributed by atoms with van der Waals surface area (Å²) >= 11 is 0. The molecule has 0 aliphatic carbocycles. The Labute approximate surface area is 111 Å². The van der Waals surface area contributed by atoms with Gasteiger partial charge in [-0.05, 0) is 37.5 Å². The number of benzene rings is 1. The van der Waals surface area contributed by atoms with Gasteiger partial charge in [0, 0.05) is 25.4 Å². The minimum absolute atomic E-state index is 0.213. The van der Waals surface area contributed by atoms with Gasteiger partial charge >= 0.3 is 0 Å². The third kappa shape index (κ3) is 1.61. The van der Waals surface area contributed by atoms with Crippen LogP contribution in [0.4, 0.5) is 11.7 Å². The zero-order chi connectivity index (χ0) is 12.9. The van der Waals surface area contributed by atoms with Crippen LogP contribution >= 0.6 is 0 Å². The van der Waals surface area contributed by atoms with Crippen LogP contribution in [0.1, 0.15) is 19.3 Å². The van der Waals surface area contributed by atoms with Gasteiger partial charge in [-0.1, -0.05) is 0 Å². The van der Waals surface area contributed by atoms with Gasteiger partial charge < -0.3 is 19.8 Å². The summed E-state index contributed by atoms with van der Waals surface area (Å²) in [5.41, 5.74) is 8.35. The molecule has 2 fully saturated rings. The highest BCUT2D eigenvalue weighted by molar-refractivity contribution is 5.78. The lowest BCUT2D eigenvalue weighted by molar-refractivity contribution is 0.0265. The van der Waals surface area contributed by atoms with E-state index in [2.05, 4.69) is 9.88 Å². The van der Waals surface area contributed by atoms with Crippen molar-refractivity contribution in [3.05, 3.63) is 18.2 Å². The molecule has 2 aliphatic heterocycles. The molecule has 3 heterocycles. The van der Waals surface area contributed by atoms with Crippen molar-refractivity contribution in [2.24, 2.45) is 0 Å². The lowest BCUT2D eigenvalue weighted by atomic mass is 9.78. The molecule has 4 rings (SSSR count). The number of rotatable bonds is 1. The molecule has 0 bridgehead atoms. The third-order valence-corrected chi connectivity index (χ3v) is 4.43. The molecular weight excluding hydrogens is 242 g/mol. The fourth-order valence-electron chi connectivity index (χ4n) is 3.16. The molecule has 0 amide bonds. The molecule has 0 saturated carbocycles. The molecule has 1 spiro atoms. The van der Waals surface area contributed by atoms with Crippen LogP contribution in [0.25, 0.3) is 11.1 Å². The summed E-state index contributed by atoms with van der Waals surface area (Å²) in [6, 6.07) is 6.32. The first-order valence-corrected chi connectivity index (χ1v) is 6.78. The number of fused-ring (bicyclic) bond motifs is 1. The SMILES string of the molecule is Nc1ccc2oc(N3CCC34CCOCC4)nc2c1. The van der Waals surface area contributed by atoms with E-state index in [0.717, 1.165) is 55.4 Å². The number of nitrogens with two attached hydrogens (primary N) is 1. The molecule has 0 radical (unpaired) electrons. The predicted molar refractivity (Wildman–Crippen MR) is 73.2 cm³/mol. The number of oxazole rings is 1. The number of anilines is 2. The molecule has 2 aromatic rings. The number of nitrogen functional groups attached to an aromatic ring is 1. The summed E-state index contributed by atoms with van der Waals surface area (Å²) in [4.78, 5) is 6.88. The van der Waals surface area contributed by atoms with Crippen LogP contribution < -0.4 is 10.6 Å². The van der Waals surface area contributed by atoms with Crippen molar-refractivity contribution in [3.8, 4) is 0 Å². The van der Waals surface area contributed by atoms with E-state index < -0.39 is 0 Å². The average molecular weight is 259 g/mol. The van der Waals surface area contributed by atoms with Crippen molar-refractivity contribution in [1.82, 2.24) is 4.98 Å². The zero-order valence-electron chi connectivity index (χ0n) is 10.8. The number of aromatic nitrogens is 1. The molecular formula is C14H17N3O2. The fraction of sp³-hybridized carbons (Fsp3) is 0.500. The Morgan fingerprint density at radius 3 is 2.79 bits per heavy atom. The van der Waals surface area contributed by atoms with Crippen LogP contribution in [-0.2, 0) is 4.74 Å². The Morgan fingerprint density at radius 1 is 1.21 bits per heavy atom. The van der Waals surface area contributed by atoms with Gasteiger partial charge in [0.1, 0.15) is 5.52 Å². The van der Waals surface area contributed by atoms with Gasteiger partial charge in [0.15, 0.2) is 5.58 Å². The summed E-state index contributed by atoms with van der Waals surface area (Å²) in [5, 5.41) is 0. The highest BCUT2D eigenvalue weighted by atomic mass is 16.5. The van der Waals surface area contributed by atoms with E-state index in [1.54, 1.807) is 0 Å². The molecule has 2 N–H and O–H groups in total. The van der Waals surface area contributed by atoms with E-state index in [4.69, 9.17) is 14.9 Å². The van der Waals surface area contributed by atoms with Gasteiger partial charge in [0.05, 0.1) is 5.54 Å². The largest absolute Gasteiger partial charge is 0.423 e. The Kier molecular flexibility index (Phi) is 2.26. The summed E-state index contributed by atoms with van der Waals surface area (Å²) in [7, 11) is 0. The van der Waals surface area contributed by atoms with Crippen molar-refractivity contribution in [2.75, 3.05) is 30.4 Å². The topological polar surface area (TPSA) is 64.5 Å². The van der Waals surface area contributed by atoms with E-state index in [1.807, 2.05) is 18.2 Å². The standard InChI is InChI=1S/C14H17N3O2/c15-10-1-2-12-11(9-10)16-13(19-12)17-6-3-14(17)4-7-18-8-5-14/h1-2,9H,3-8,15H2. The van der Waals surface area contributed by atoms with Crippen LogP contribution in [0.2, 0.25) is 0 Å². The number of hydrogen-bond donors (Lipinski definition) is 1. The first kappa shape index (κ1) is 11.1. The van der Waals surface area contributed by atoms with E-state index in [0.29, 0.717) is 0 Å². The molecule has 100 valence electrons. The Hall–Kier alpha value is -1.75. The minimum atomic E-state index is 0.213. The predicted octanol–water partition coefficient (Wildman–Crippen LogP) is 2.17. The van der Waals surface area contributed by atoms with Crippen molar-refractivity contribution >= 4 is 22.8 Å². The monoisotopic (exact) mass is 259 g/mol. The number of ether oxygens (including phenoxy) is 1. The van der Waals surface area contributed by atoms with E-state index >= 15 is 0 Å². The second-order valence-electron chi connectivity index (χ2n) is 5.46. The molecule has 0 unspecified atom stereocenters. The van der Waals surface area contributed by atoms with Gasteiger partial charge in [0.25, 0.3) is 6.01 Å². The Balaban J connectivity index is 1.70. The van der Waals surface area contributed by atoms with Crippen LogP contribution in [0.15, 0.2) is 22.6 Å². The highest BCUT2D eigenvalue weighted by Gasteiger charge is 2.47. The summed E-state index contributed by atoms with van der Waals surface area (Å²) < 4.78 is 11.3. The van der Waals surface area contributed by atoms with Gasteiger partial charge in [-0.25, -0.2) is 0 Å². The van der Waals surface area contributed by atoms with E-state index in [9.17, 15) is 0 Å². The smallest absolute Gasteiger partial charge is 0.298 e. The quantitative estimate of drug-likeness (QED) is 0.795. The van der Waals surface area contributed by atoms with Crippen molar-refractivity contribution in [1.29, 1.82) is 0 Å². The third-order valence-electron chi connectivity index (χ3n) is 4.43. The lowest BCUT2D eigenvalue weighted by Crippen LogP contribution is -2.62. The van der Waals surface area contributed by atoms with Gasteiger partial charge in [0.2, 0.25) is 0 Å². The summed E-state index contributed by atoms with van der Waals surface area (Å²) in [5.74, 6) is 0. The Morgan fingerprint density at radius 2 is 2.05 bits per heavy atom. The van der Waals surface area contributed by atoms with Gasteiger partial charge in [-0.15, -0.1) is 0 Å². The van der Waals surface area contributed by atoms with Crippen molar-refractivity contribution < 1.29 is 9.15 Å².